The van der Waals surface area contributed by atoms with Crippen LogP contribution in [0.2, 0.25) is 0 Å². The molecule has 1 heterocycles. The van der Waals surface area contributed by atoms with Crippen molar-refractivity contribution in [1.29, 1.82) is 0 Å². The molecule has 3 heteroatoms. The number of hydrogen-bond acceptors (Lipinski definition) is 2. The topological polar surface area (TPSA) is 38.0 Å². The fourth-order valence-corrected chi connectivity index (χ4v) is 3.05. The van der Waals surface area contributed by atoms with Crippen molar-refractivity contribution >= 4 is 0 Å². The summed E-state index contributed by atoms with van der Waals surface area (Å²) in [5, 5.41) is 11.0. The summed E-state index contributed by atoms with van der Waals surface area (Å²) in [6.45, 7) is 3.06. The Labute approximate surface area is 113 Å². The molecule has 1 aromatic carbocycles. The zero-order chi connectivity index (χ0) is 13.3. The van der Waals surface area contributed by atoms with Crippen molar-refractivity contribution in [3.05, 3.63) is 53.6 Å². The first-order chi connectivity index (χ1) is 9.23. The van der Waals surface area contributed by atoms with Gasteiger partial charge in [-0.3, -0.25) is 0 Å². The minimum atomic E-state index is -0.812. The highest BCUT2D eigenvalue weighted by Crippen LogP contribution is 2.35. The monoisotopic (exact) mass is 256 g/mol. The van der Waals surface area contributed by atoms with E-state index in [1.54, 1.807) is 6.20 Å². The molecular formula is C16H20N2O. The Morgan fingerprint density at radius 3 is 2.89 bits per heavy atom. The fourth-order valence-electron chi connectivity index (χ4n) is 3.05. The summed E-state index contributed by atoms with van der Waals surface area (Å²) in [4.78, 5) is 4.42. The third-order valence-corrected chi connectivity index (χ3v) is 4.01. The van der Waals surface area contributed by atoms with Crippen molar-refractivity contribution in [2.24, 2.45) is 0 Å². The second-order valence-corrected chi connectivity index (χ2v) is 5.42. The number of benzene rings is 1. The second kappa shape index (κ2) is 4.82. The number of fused-ring (bicyclic) bond motifs is 1. The lowest BCUT2D eigenvalue weighted by Crippen LogP contribution is -2.36. The van der Waals surface area contributed by atoms with Crippen LogP contribution in [0.3, 0.4) is 0 Å². The summed E-state index contributed by atoms with van der Waals surface area (Å²) in [6, 6.07) is 8.39. The maximum absolute atomic E-state index is 11.0. The maximum atomic E-state index is 11.0. The number of aromatic nitrogens is 2. The summed E-state index contributed by atoms with van der Waals surface area (Å²) in [6.07, 6.45) is 7.16. The predicted octanol–water partition coefficient (Wildman–Crippen LogP) is 2.67. The zero-order valence-corrected chi connectivity index (χ0v) is 11.3. The Kier molecular flexibility index (Phi) is 3.15. The normalized spacial score (nSPS) is 22.2. The molecule has 100 valence electrons. The van der Waals surface area contributed by atoms with Crippen molar-refractivity contribution in [2.75, 3.05) is 0 Å². The number of aryl methyl sites for hydroxylation is 2. The molecule has 3 rings (SSSR count). The van der Waals surface area contributed by atoms with Gasteiger partial charge in [-0.15, -0.1) is 0 Å². The number of nitrogens with zero attached hydrogens (tertiary/aromatic N) is 2. The smallest absolute Gasteiger partial charge is 0.141 e. The van der Waals surface area contributed by atoms with Gasteiger partial charge in [-0.05, 0) is 30.4 Å². The van der Waals surface area contributed by atoms with E-state index in [1.165, 1.54) is 11.1 Å². The molecule has 19 heavy (non-hydrogen) atoms. The van der Waals surface area contributed by atoms with E-state index in [9.17, 15) is 5.11 Å². The van der Waals surface area contributed by atoms with Gasteiger partial charge >= 0.3 is 0 Å². The Bertz CT molecular complexity index is 576. The number of rotatable bonds is 3. The molecule has 1 aliphatic rings. The van der Waals surface area contributed by atoms with Gasteiger partial charge in [0.1, 0.15) is 11.4 Å². The SMILES string of the molecule is CCCn1ccnc1C1(O)CCc2ccccc2C1. The van der Waals surface area contributed by atoms with Gasteiger partial charge in [-0.25, -0.2) is 4.98 Å². The average Bonchev–Trinajstić information content (AvgIpc) is 2.88. The summed E-state index contributed by atoms with van der Waals surface area (Å²) < 4.78 is 2.09. The van der Waals surface area contributed by atoms with Crippen molar-refractivity contribution in [3.8, 4) is 0 Å². The third kappa shape index (κ3) is 2.19. The van der Waals surface area contributed by atoms with Gasteiger partial charge in [-0.1, -0.05) is 31.2 Å². The summed E-state index contributed by atoms with van der Waals surface area (Å²) in [7, 11) is 0. The van der Waals surface area contributed by atoms with E-state index in [4.69, 9.17) is 0 Å². The molecular weight excluding hydrogens is 236 g/mol. The molecule has 0 radical (unpaired) electrons. The highest BCUT2D eigenvalue weighted by Gasteiger charge is 2.37. The predicted molar refractivity (Wildman–Crippen MR) is 74.9 cm³/mol. The van der Waals surface area contributed by atoms with Gasteiger partial charge in [0.25, 0.3) is 0 Å². The average molecular weight is 256 g/mol. The van der Waals surface area contributed by atoms with Crippen molar-refractivity contribution in [2.45, 2.75) is 44.8 Å². The lowest BCUT2D eigenvalue weighted by molar-refractivity contribution is 0.00995. The summed E-state index contributed by atoms with van der Waals surface area (Å²) in [5.41, 5.74) is 1.80. The Morgan fingerprint density at radius 2 is 2.11 bits per heavy atom. The van der Waals surface area contributed by atoms with Gasteiger partial charge in [0, 0.05) is 25.4 Å². The number of hydrogen-bond donors (Lipinski definition) is 1. The second-order valence-electron chi connectivity index (χ2n) is 5.42. The van der Waals surface area contributed by atoms with Crippen LogP contribution < -0.4 is 0 Å². The first kappa shape index (κ1) is 12.4. The molecule has 0 amide bonds. The number of aliphatic hydroxyl groups is 1. The molecule has 0 fully saturated rings. The van der Waals surface area contributed by atoms with E-state index in [0.29, 0.717) is 6.42 Å². The molecule has 0 spiro atoms. The molecule has 1 aromatic heterocycles. The van der Waals surface area contributed by atoms with Gasteiger partial charge in [-0.2, -0.15) is 0 Å². The highest BCUT2D eigenvalue weighted by molar-refractivity contribution is 5.33. The molecule has 3 nitrogen and oxygen atoms in total. The van der Waals surface area contributed by atoms with Crippen LogP contribution in [0.15, 0.2) is 36.7 Å². The van der Waals surface area contributed by atoms with E-state index >= 15 is 0 Å². The highest BCUT2D eigenvalue weighted by atomic mass is 16.3. The van der Waals surface area contributed by atoms with Crippen LogP contribution in [-0.2, 0) is 25.0 Å². The summed E-state index contributed by atoms with van der Waals surface area (Å²) in [5.74, 6) is 0.823. The van der Waals surface area contributed by atoms with Gasteiger partial charge < -0.3 is 9.67 Å². The first-order valence-corrected chi connectivity index (χ1v) is 7.04. The lowest BCUT2D eigenvalue weighted by atomic mass is 9.80. The van der Waals surface area contributed by atoms with Crippen molar-refractivity contribution in [3.63, 3.8) is 0 Å². The van der Waals surface area contributed by atoms with E-state index in [-0.39, 0.29) is 0 Å². The van der Waals surface area contributed by atoms with Crippen LogP contribution in [0.4, 0.5) is 0 Å². The zero-order valence-electron chi connectivity index (χ0n) is 11.3. The van der Waals surface area contributed by atoms with Crippen LogP contribution in [0, 0.1) is 0 Å². The molecule has 0 saturated carbocycles. The van der Waals surface area contributed by atoms with Gasteiger partial charge in [0.2, 0.25) is 0 Å². The molecule has 0 bridgehead atoms. The first-order valence-electron chi connectivity index (χ1n) is 7.04. The standard InChI is InChI=1S/C16H20N2O/c1-2-10-18-11-9-17-15(18)16(19)8-7-13-5-3-4-6-14(13)12-16/h3-6,9,11,19H,2,7-8,10,12H2,1H3. The number of imidazole rings is 1. The fraction of sp³-hybridized carbons (Fsp3) is 0.438. The van der Waals surface area contributed by atoms with E-state index in [2.05, 4.69) is 34.7 Å². The molecule has 1 aliphatic carbocycles. The van der Waals surface area contributed by atoms with Crippen LogP contribution in [0.1, 0.15) is 36.7 Å². The largest absolute Gasteiger partial charge is 0.382 e. The molecule has 1 N–H and O–H groups in total. The van der Waals surface area contributed by atoms with Crippen LogP contribution >= 0.6 is 0 Å². The Hall–Kier alpha value is -1.61. The minimum absolute atomic E-state index is 0.671. The quantitative estimate of drug-likeness (QED) is 0.917. The Balaban J connectivity index is 1.95. The lowest BCUT2D eigenvalue weighted by Gasteiger charge is -2.33. The van der Waals surface area contributed by atoms with Crippen molar-refractivity contribution < 1.29 is 5.11 Å². The van der Waals surface area contributed by atoms with Gasteiger partial charge in [0.05, 0.1) is 0 Å². The molecule has 0 aliphatic heterocycles. The van der Waals surface area contributed by atoms with Crippen LogP contribution in [0.25, 0.3) is 0 Å². The molecule has 2 aromatic rings. The Morgan fingerprint density at radius 1 is 1.32 bits per heavy atom. The molecule has 1 atom stereocenters. The van der Waals surface area contributed by atoms with E-state index in [0.717, 1.165) is 31.6 Å². The minimum Gasteiger partial charge on any atom is -0.382 e. The molecule has 1 unspecified atom stereocenters. The van der Waals surface area contributed by atoms with Crippen LogP contribution in [-0.4, -0.2) is 14.7 Å². The third-order valence-electron chi connectivity index (χ3n) is 4.01. The maximum Gasteiger partial charge on any atom is 0.141 e. The van der Waals surface area contributed by atoms with E-state index < -0.39 is 5.60 Å². The summed E-state index contributed by atoms with van der Waals surface area (Å²) >= 11 is 0. The van der Waals surface area contributed by atoms with Gasteiger partial charge in [0.15, 0.2) is 0 Å². The van der Waals surface area contributed by atoms with E-state index in [1.807, 2.05) is 12.3 Å². The molecule has 0 saturated heterocycles. The van der Waals surface area contributed by atoms with Crippen LogP contribution in [0.5, 0.6) is 0 Å². The van der Waals surface area contributed by atoms with Crippen molar-refractivity contribution in [1.82, 2.24) is 9.55 Å².